The molecule has 7 nitrogen and oxygen atoms in total. The Morgan fingerprint density at radius 3 is 2.50 bits per heavy atom. The molecule has 0 radical (unpaired) electrons. The summed E-state index contributed by atoms with van der Waals surface area (Å²) in [6.45, 7) is 0. The van der Waals surface area contributed by atoms with Crippen LogP contribution in [0.5, 0.6) is 11.5 Å². The molecule has 140 valence electrons. The number of hydrogen-bond donors (Lipinski definition) is 2. The Bertz CT molecular complexity index is 1170. The Balaban J connectivity index is 1.71. The van der Waals surface area contributed by atoms with Gasteiger partial charge in [-0.3, -0.25) is 9.78 Å². The monoisotopic (exact) mass is 374 g/mol. The predicted molar refractivity (Wildman–Crippen MR) is 108 cm³/mol. The normalized spacial score (nSPS) is 10.6. The summed E-state index contributed by atoms with van der Waals surface area (Å²) in [5, 5.41) is 3.66. The zero-order valence-corrected chi connectivity index (χ0v) is 15.4. The quantitative estimate of drug-likeness (QED) is 0.553. The lowest BCUT2D eigenvalue weighted by Gasteiger charge is -2.10. The number of nitrogens with zero attached hydrogens (tertiary/aromatic N) is 2. The number of ether oxygens (including phenoxy) is 2. The first-order chi connectivity index (χ1) is 13.7. The molecule has 7 heteroatoms. The molecular formula is C21H18N4O3. The van der Waals surface area contributed by atoms with E-state index in [9.17, 15) is 4.79 Å². The maximum atomic E-state index is 12.6. The maximum Gasteiger partial charge on any atom is 0.262 e. The molecule has 0 aliphatic carbocycles. The molecule has 0 unspecified atom stereocenters. The number of anilines is 2. The average Bonchev–Trinajstić information content (AvgIpc) is 2.74. The minimum Gasteiger partial charge on any atom is -0.497 e. The first kappa shape index (κ1) is 17.5. The molecular weight excluding hydrogens is 356 g/mol. The number of H-pyrrole nitrogens is 1. The molecule has 0 fully saturated rings. The standard InChI is InChI=1S/C21H18N4O3/c1-27-16-10-17-19(18(11-16)28-2)21(26)25-20(24-17)13-5-7-14(8-6-13)23-15-4-3-9-22-12-15/h3-12,23H,1-2H3,(H,24,25,26). The SMILES string of the molecule is COc1cc(OC)c2c(=O)[nH]c(-c3ccc(Nc4cccnc4)cc3)nc2c1. The first-order valence-electron chi connectivity index (χ1n) is 8.61. The van der Waals surface area contributed by atoms with Crippen molar-refractivity contribution in [2.24, 2.45) is 0 Å². The van der Waals surface area contributed by atoms with E-state index in [4.69, 9.17) is 9.47 Å². The molecule has 4 rings (SSSR count). The molecule has 0 atom stereocenters. The third-order valence-electron chi connectivity index (χ3n) is 4.31. The molecule has 2 aromatic heterocycles. The number of methoxy groups -OCH3 is 2. The molecule has 0 aliphatic heterocycles. The van der Waals surface area contributed by atoms with Gasteiger partial charge in [0.15, 0.2) is 0 Å². The van der Waals surface area contributed by atoms with Gasteiger partial charge in [0.1, 0.15) is 22.7 Å². The van der Waals surface area contributed by atoms with Gasteiger partial charge in [-0.1, -0.05) is 0 Å². The zero-order chi connectivity index (χ0) is 19.5. The molecule has 2 aromatic carbocycles. The number of benzene rings is 2. The lowest BCUT2D eigenvalue weighted by atomic mass is 10.1. The maximum absolute atomic E-state index is 12.6. The van der Waals surface area contributed by atoms with Gasteiger partial charge in [0.2, 0.25) is 0 Å². The Labute approximate surface area is 161 Å². The topological polar surface area (TPSA) is 89.1 Å². The number of pyridine rings is 1. The van der Waals surface area contributed by atoms with Crippen LogP contribution in [-0.2, 0) is 0 Å². The average molecular weight is 374 g/mol. The molecule has 28 heavy (non-hydrogen) atoms. The van der Waals surface area contributed by atoms with Crippen molar-refractivity contribution in [3.63, 3.8) is 0 Å². The van der Waals surface area contributed by atoms with E-state index >= 15 is 0 Å². The Kier molecular flexibility index (Phi) is 4.63. The van der Waals surface area contributed by atoms with Crippen molar-refractivity contribution in [2.75, 3.05) is 19.5 Å². The fraction of sp³-hybridized carbons (Fsp3) is 0.0952. The van der Waals surface area contributed by atoms with Gasteiger partial charge in [0.05, 0.1) is 31.6 Å². The summed E-state index contributed by atoms with van der Waals surface area (Å²) < 4.78 is 10.6. The van der Waals surface area contributed by atoms with Crippen LogP contribution >= 0.6 is 0 Å². The van der Waals surface area contributed by atoms with Crippen molar-refractivity contribution in [1.82, 2.24) is 15.0 Å². The van der Waals surface area contributed by atoms with Crippen LogP contribution in [0.1, 0.15) is 0 Å². The van der Waals surface area contributed by atoms with Crippen molar-refractivity contribution in [1.29, 1.82) is 0 Å². The second-order valence-electron chi connectivity index (χ2n) is 6.08. The summed E-state index contributed by atoms with van der Waals surface area (Å²) in [5.41, 5.74) is 2.83. The van der Waals surface area contributed by atoms with E-state index in [1.807, 2.05) is 36.4 Å². The van der Waals surface area contributed by atoms with Crippen LogP contribution in [0, 0.1) is 0 Å². The zero-order valence-electron chi connectivity index (χ0n) is 15.4. The molecule has 2 heterocycles. The molecule has 0 saturated heterocycles. The van der Waals surface area contributed by atoms with Crippen LogP contribution in [0.4, 0.5) is 11.4 Å². The highest BCUT2D eigenvalue weighted by atomic mass is 16.5. The van der Waals surface area contributed by atoms with Crippen LogP contribution in [-0.4, -0.2) is 29.2 Å². The summed E-state index contributed by atoms with van der Waals surface area (Å²) in [7, 11) is 3.07. The Morgan fingerprint density at radius 1 is 1.00 bits per heavy atom. The molecule has 0 spiro atoms. The third kappa shape index (κ3) is 3.37. The van der Waals surface area contributed by atoms with Gasteiger partial charge in [-0.2, -0.15) is 0 Å². The van der Waals surface area contributed by atoms with Gasteiger partial charge >= 0.3 is 0 Å². The molecule has 0 aliphatic rings. The number of nitrogens with one attached hydrogen (secondary N) is 2. The van der Waals surface area contributed by atoms with E-state index < -0.39 is 0 Å². The number of hydrogen-bond acceptors (Lipinski definition) is 6. The summed E-state index contributed by atoms with van der Waals surface area (Å²) in [4.78, 5) is 24.1. The lowest BCUT2D eigenvalue weighted by molar-refractivity contribution is 0.397. The highest BCUT2D eigenvalue weighted by Crippen LogP contribution is 2.29. The number of fused-ring (bicyclic) bond motifs is 1. The van der Waals surface area contributed by atoms with E-state index in [2.05, 4.69) is 20.3 Å². The van der Waals surface area contributed by atoms with Gasteiger partial charge in [-0.15, -0.1) is 0 Å². The van der Waals surface area contributed by atoms with Gasteiger partial charge in [0, 0.05) is 29.6 Å². The molecule has 0 saturated carbocycles. The number of rotatable bonds is 5. The van der Waals surface area contributed by atoms with Gasteiger partial charge in [-0.05, 0) is 36.4 Å². The summed E-state index contributed by atoms with van der Waals surface area (Å²) in [6.07, 6.45) is 3.47. The summed E-state index contributed by atoms with van der Waals surface area (Å²) >= 11 is 0. The fourth-order valence-corrected chi connectivity index (χ4v) is 2.94. The second-order valence-corrected chi connectivity index (χ2v) is 6.08. The summed E-state index contributed by atoms with van der Waals surface area (Å²) in [6, 6.07) is 14.8. The van der Waals surface area contributed by atoms with Crippen molar-refractivity contribution in [3.8, 4) is 22.9 Å². The third-order valence-corrected chi connectivity index (χ3v) is 4.31. The van der Waals surface area contributed by atoms with Crippen LogP contribution in [0.25, 0.3) is 22.3 Å². The van der Waals surface area contributed by atoms with Crippen molar-refractivity contribution in [3.05, 3.63) is 71.3 Å². The highest BCUT2D eigenvalue weighted by Gasteiger charge is 2.13. The van der Waals surface area contributed by atoms with Crippen LogP contribution < -0.4 is 20.3 Å². The van der Waals surface area contributed by atoms with Gasteiger partial charge in [-0.25, -0.2) is 4.98 Å². The second kappa shape index (κ2) is 7.40. The van der Waals surface area contributed by atoms with E-state index in [1.54, 1.807) is 31.6 Å². The number of aromatic amines is 1. The van der Waals surface area contributed by atoms with E-state index in [1.165, 1.54) is 7.11 Å². The van der Waals surface area contributed by atoms with E-state index in [-0.39, 0.29) is 5.56 Å². The minimum absolute atomic E-state index is 0.267. The van der Waals surface area contributed by atoms with Crippen LogP contribution in [0.2, 0.25) is 0 Å². The molecule has 0 amide bonds. The molecule has 4 aromatic rings. The van der Waals surface area contributed by atoms with Gasteiger partial charge < -0.3 is 19.8 Å². The predicted octanol–water partition coefficient (Wildman–Crippen LogP) is 3.75. The first-order valence-corrected chi connectivity index (χ1v) is 8.61. The molecule has 0 bridgehead atoms. The Morgan fingerprint density at radius 2 is 1.82 bits per heavy atom. The smallest absolute Gasteiger partial charge is 0.262 e. The van der Waals surface area contributed by atoms with E-state index in [0.717, 1.165) is 16.9 Å². The Hall–Kier alpha value is -3.87. The van der Waals surface area contributed by atoms with E-state index in [0.29, 0.717) is 28.2 Å². The van der Waals surface area contributed by atoms with Crippen molar-refractivity contribution >= 4 is 22.3 Å². The fourth-order valence-electron chi connectivity index (χ4n) is 2.94. The van der Waals surface area contributed by atoms with Gasteiger partial charge in [0.25, 0.3) is 5.56 Å². The van der Waals surface area contributed by atoms with Crippen molar-refractivity contribution in [2.45, 2.75) is 0 Å². The highest BCUT2D eigenvalue weighted by molar-refractivity contribution is 5.87. The number of aromatic nitrogens is 3. The van der Waals surface area contributed by atoms with Crippen LogP contribution in [0.15, 0.2) is 65.7 Å². The lowest BCUT2D eigenvalue weighted by Crippen LogP contribution is -2.11. The largest absolute Gasteiger partial charge is 0.497 e. The molecule has 2 N–H and O–H groups in total. The van der Waals surface area contributed by atoms with Crippen molar-refractivity contribution < 1.29 is 9.47 Å². The minimum atomic E-state index is -0.267. The van der Waals surface area contributed by atoms with Crippen LogP contribution in [0.3, 0.4) is 0 Å². The summed E-state index contributed by atoms with van der Waals surface area (Å²) in [5.74, 6) is 1.47.